The molecule has 2 rings (SSSR count). The van der Waals surface area contributed by atoms with E-state index in [9.17, 15) is 4.79 Å². The number of amides is 1. The highest BCUT2D eigenvalue weighted by atomic mass is 16.1. The first-order chi connectivity index (χ1) is 10.1. The summed E-state index contributed by atoms with van der Waals surface area (Å²) in [6.45, 7) is 5.05. The number of aromatic nitrogens is 2. The molecule has 0 aliphatic heterocycles. The molecular weight excluding hydrogens is 264 g/mol. The number of benzene rings is 1. The van der Waals surface area contributed by atoms with Gasteiger partial charge in [0.2, 0.25) is 5.91 Å². The largest absolute Gasteiger partial charge is 0.330 e. The lowest BCUT2D eigenvalue weighted by Gasteiger charge is -2.19. The van der Waals surface area contributed by atoms with E-state index in [4.69, 9.17) is 5.73 Å². The van der Waals surface area contributed by atoms with Crippen LogP contribution in [0.3, 0.4) is 0 Å². The maximum absolute atomic E-state index is 12.0. The fraction of sp³-hybridized carbons (Fsp3) is 0.500. The second-order valence-corrected chi connectivity index (χ2v) is 5.84. The van der Waals surface area contributed by atoms with E-state index in [1.807, 2.05) is 18.2 Å². The molecule has 0 spiro atoms. The van der Waals surface area contributed by atoms with Crippen molar-refractivity contribution in [2.45, 2.75) is 33.1 Å². The molecule has 0 saturated carbocycles. The monoisotopic (exact) mass is 288 g/mol. The van der Waals surface area contributed by atoms with Crippen LogP contribution in [0.1, 0.15) is 33.1 Å². The van der Waals surface area contributed by atoms with Gasteiger partial charge in [-0.25, -0.2) is 0 Å². The van der Waals surface area contributed by atoms with Crippen LogP contribution >= 0.6 is 0 Å². The average molecular weight is 288 g/mol. The zero-order valence-electron chi connectivity index (χ0n) is 12.7. The van der Waals surface area contributed by atoms with Crippen molar-refractivity contribution in [1.29, 1.82) is 0 Å². The van der Waals surface area contributed by atoms with Crippen molar-refractivity contribution in [3.63, 3.8) is 0 Å². The molecular formula is C16H24N4O. The summed E-state index contributed by atoms with van der Waals surface area (Å²) in [5.74, 6) is 1.12. The molecule has 1 amide bonds. The number of fused-ring (bicyclic) bond motifs is 1. The molecule has 1 aromatic heterocycles. The van der Waals surface area contributed by atoms with Crippen molar-refractivity contribution in [2.75, 3.05) is 11.9 Å². The minimum atomic E-state index is 0.0523. The van der Waals surface area contributed by atoms with Gasteiger partial charge in [0, 0.05) is 17.5 Å². The highest BCUT2D eigenvalue weighted by Crippen LogP contribution is 2.21. The number of hydrogen-bond donors (Lipinski definition) is 3. The molecule has 1 heterocycles. The van der Waals surface area contributed by atoms with Crippen molar-refractivity contribution >= 4 is 22.5 Å². The summed E-state index contributed by atoms with van der Waals surface area (Å²) < 4.78 is 0. The molecule has 1 unspecified atom stereocenters. The Morgan fingerprint density at radius 2 is 2.19 bits per heavy atom. The summed E-state index contributed by atoms with van der Waals surface area (Å²) in [5, 5.41) is 10.9. The number of nitrogens with two attached hydrogens (primary N) is 1. The van der Waals surface area contributed by atoms with E-state index in [-0.39, 0.29) is 5.91 Å². The van der Waals surface area contributed by atoms with Crippen LogP contribution in [0.15, 0.2) is 24.4 Å². The Hall–Kier alpha value is -1.88. The molecule has 5 heteroatoms. The first-order valence-electron chi connectivity index (χ1n) is 7.53. The van der Waals surface area contributed by atoms with Gasteiger partial charge in [0.1, 0.15) is 0 Å². The summed E-state index contributed by atoms with van der Waals surface area (Å²) in [7, 11) is 0. The number of carbonyl (C=O) groups excluding carboxylic acids is 1. The quantitative estimate of drug-likeness (QED) is 0.732. The molecule has 2 aromatic rings. The molecule has 0 aliphatic rings. The van der Waals surface area contributed by atoms with E-state index < -0.39 is 0 Å². The first-order valence-corrected chi connectivity index (χ1v) is 7.53. The van der Waals surface area contributed by atoms with Gasteiger partial charge in [-0.05, 0) is 49.4 Å². The lowest BCUT2D eigenvalue weighted by atomic mass is 9.88. The molecule has 0 aliphatic carbocycles. The number of hydrogen-bond acceptors (Lipinski definition) is 3. The predicted molar refractivity (Wildman–Crippen MR) is 86.0 cm³/mol. The summed E-state index contributed by atoms with van der Waals surface area (Å²) in [5.41, 5.74) is 7.36. The molecule has 0 saturated heterocycles. The van der Waals surface area contributed by atoms with Crippen LogP contribution in [0.5, 0.6) is 0 Å². The maximum Gasteiger partial charge on any atom is 0.224 e. The van der Waals surface area contributed by atoms with Crippen molar-refractivity contribution in [3.8, 4) is 0 Å². The van der Waals surface area contributed by atoms with Crippen LogP contribution < -0.4 is 11.1 Å². The number of nitrogens with one attached hydrogen (secondary N) is 2. The van der Waals surface area contributed by atoms with Crippen molar-refractivity contribution in [3.05, 3.63) is 24.4 Å². The molecule has 114 valence electrons. The van der Waals surface area contributed by atoms with Gasteiger partial charge in [0.25, 0.3) is 0 Å². The Kier molecular flexibility index (Phi) is 5.33. The Balaban J connectivity index is 1.88. The third-order valence-electron chi connectivity index (χ3n) is 3.95. The van der Waals surface area contributed by atoms with Crippen molar-refractivity contribution in [2.24, 2.45) is 17.6 Å². The van der Waals surface area contributed by atoms with Crippen LogP contribution in [-0.4, -0.2) is 22.6 Å². The Bertz CT molecular complexity index is 591. The fourth-order valence-corrected chi connectivity index (χ4v) is 2.58. The van der Waals surface area contributed by atoms with Gasteiger partial charge in [0.15, 0.2) is 0 Å². The minimum absolute atomic E-state index is 0.0523. The molecule has 0 fully saturated rings. The van der Waals surface area contributed by atoms with Gasteiger partial charge in [-0.3, -0.25) is 9.89 Å². The van der Waals surface area contributed by atoms with Gasteiger partial charge in [-0.2, -0.15) is 5.10 Å². The van der Waals surface area contributed by atoms with Gasteiger partial charge in [-0.15, -0.1) is 0 Å². The lowest BCUT2D eigenvalue weighted by Crippen LogP contribution is -2.18. The zero-order chi connectivity index (χ0) is 15.2. The van der Waals surface area contributed by atoms with Crippen LogP contribution in [0.4, 0.5) is 5.69 Å². The molecule has 5 nitrogen and oxygen atoms in total. The summed E-state index contributed by atoms with van der Waals surface area (Å²) in [6, 6.07) is 5.75. The number of nitrogens with zero attached hydrogens (tertiary/aromatic N) is 1. The number of carbonyl (C=O) groups is 1. The SMILES string of the molecule is CC(C)C(CCN)CCC(=O)Nc1ccc2cn[nH]c2c1. The van der Waals surface area contributed by atoms with E-state index in [1.165, 1.54) is 0 Å². The summed E-state index contributed by atoms with van der Waals surface area (Å²) >= 11 is 0. The van der Waals surface area contributed by atoms with Crippen LogP contribution in [0.2, 0.25) is 0 Å². The van der Waals surface area contributed by atoms with Gasteiger partial charge in [0.05, 0.1) is 11.7 Å². The highest BCUT2D eigenvalue weighted by Gasteiger charge is 2.14. The minimum Gasteiger partial charge on any atom is -0.330 e. The standard InChI is InChI=1S/C16H24N4O/c1-11(2)12(7-8-17)4-6-16(21)19-14-5-3-13-10-18-20-15(13)9-14/h3,5,9-12H,4,6-8,17H2,1-2H3,(H,18,20)(H,19,21). The smallest absolute Gasteiger partial charge is 0.224 e. The van der Waals surface area contributed by atoms with E-state index in [2.05, 4.69) is 29.4 Å². The van der Waals surface area contributed by atoms with Crippen molar-refractivity contribution in [1.82, 2.24) is 10.2 Å². The second kappa shape index (κ2) is 7.22. The zero-order valence-corrected chi connectivity index (χ0v) is 12.7. The predicted octanol–water partition coefficient (Wildman–Crippen LogP) is 2.90. The van der Waals surface area contributed by atoms with Gasteiger partial charge >= 0.3 is 0 Å². The fourth-order valence-electron chi connectivity index (χ4n) is 2.58. The molecule has 1 atom stereocenters. The molecule has 1 aromatic carbocycles. The first kappa shape index (κ1) is 15.5. The van der Waals surface area contributed by atoms with Gasteiger partial charge < -0.3 is 11.1 Å². The normalized spacial score (nSPS) is 12.8. The Morgan fingerprint density at radius 1 is 1.38 bits per heavy atom. The molecule has 4 N–H and O–H groups in total. The molecule has 0 radical (unpaired) electrons. The third kappa shape index (κ3) is 4.29. The van der Waals surface area contributed by atoms with E-state index in [1.54, 1.807) is 6.20 Å². The van der Waals surface area contributed by atoms with Crippen LogP contribution in [-0.2, 0) is 4.79 Å². The number of aromatic amines is 1. The van der Waals surface area contributed by atoms with E-state index in [0.717, 1.165) is 29.4 Å². The Labute approximate surface area is 125 Å². The van der Waals surface area contributed by atoms with Crippen LogP contribution in [0.25, 0.3) is 10.9 Å². The second-order valence-electron chi connectivity index (χ2n) is 5.84. The third-order valence-corrected chi connectivity index (χ3v) is 3.95. The maximum atomic E-state index is 12.0. The molecule has 0 bridgehead atoms. The van der Waals surface area contributed by atoms with Crippen LogP contribution in [0, 0.1) is 11.8 Å². The summed E-state index contributed by atoms with van der Waals surface area (Å²) in [4.78, 5) is 12.0. The Morgan fingerprint density at radius 3 is 2.90 bits per heavy atom. The number of anilines is 1. The topological polar surface area (TPSA) is 83.8 Å². The number of rotatable bonds is 7. The number of H-pyrrole nitrogens is 1. The lowest BCUT2D eigenvalue weighted by molar-refractivity contribution is -0.116. The van der Waals surface area contributed by atoms with E-state index in [0.29, 0.717) is 24.8 Å². The van der Waals surface area contributed by atoms with Gasteiger partial charge in [-0.1, -0.05) is 13.8 Å². The average Bonchev–Trinajstić information content (AvgIpc) is 2.90. The summed E-state index contributed by atoms with van der Waals surface area (Å²) in [6.07, 6.45) is 4.16. The van der Waals surface area contributed by atoms with Crippen molar-refractivity contribution < 1.29 is 4.79 Å². The van der Waals surface area contributed by atoms with E-state index >= 15 is 0 Å². The molecule has 21 heavy (non-hydrogen) atoms. The highest BCUT2D eigenvalue weighted by molar-refractivity contribution is 5.93.